The van der Waals surface area contributed by atoms with Crippen LogP contribution in [-0.2, 0) is 20.9 Å². The van der Waals surface area contributed by atoms with Crippen LogP contribution >= 0.6 is 0 Å². The molecule has 0 aromatic heterocycles. The zero-order chi connectivity index (χ0) is 18.9. The standard InChI is InChI=1S/C19H20N2O5/c1-13(22)21-16-9-7-14(8-10-16)19(24)26-12-18(23)20-11-15-5-3-4-6-17(15)25-2/h3-10H,11-12H2,1-2H3,(H,20,23)(H,21,22). The third-order valence-corrected chi connectivity index (χ3v) is 3.44. The summed E-state index contributed by atoms with van der Waals surface area (Å²) in [6.07, 6.45) is 0. The van der Waals surface area contributed by atoms with Gasteiger partial charge in [-0.05, 0) is 30.3 Å². The number of carbonyl (C=O) groups is 3. The summed E-state index contributed by atoms with van der Waals surface area (Å²) in [4.78, 5) is 34.8. The molecule has 26 heavy (non-hydrogen) atoms. The van der Waals surface area contributed by atoms with Crippen molar-refractivity contribution in [1.29, 1.82) is 0 Å². The van der Waals surface area contributed by atoms with Crippen LogP contribution in [0.2, 0.25) is 0 Å². The molecule has 0 heterocycles. The zero-order valence-electron chi connectivity index (χ0n) is 14.6. The smallest absolute Gasteiger partial charge is 0.338 e. The van der Waals surface area contributed by atoms with E-state index >= 15 is 0 Å². The fraction of sp³-hybridized carbons (Fsp3) is 0.211. The number of hydrogen-bond acceptors (Lipinski definition) is 5. The van der Waals surface area contributed by atoms with Crippen LogP contribution < -0.4 is 15.4 Å². The van der Waals surface area contributed by atoms with Gasteiger partial charge < -0.3 is 20.1 Å². The van der Waals surface area contributed by atoms with Gasteiger partial charge in [-0.3, -0.25) is 9.59 Å². The average molecular weight is 356 g/mol. The van der Waals surface area contributed by atoms with Gasteiger partial charge in [0.1, 0.15) is 5.75 Å². The van der Waals surface area contributed by atoms with Crippen LogP contribution in [0, 0.1) is 0 Å². The molecule has 0 aliphatic heterocycles. The molecule has 7 nitrogen and oxygen atoms in total. The number of anilines is 1. The lowest BCUT2D eigenvalue weighted by atomic mass is 10.2. The molecule has 2 aromatic rings. The van der Waals surface area contributed by atoms with Gasteiger partial charge in [0.2, 0.25) is 5.91 Å². The first-order valence-corrected chi connectivity index (χ1v) is 7.93. The Morgan fingerprint density at radius 3 is 2.35 bits per heavy atom. The number of esters is 1. The molecule has 0 aliphatic carbocycles. The van der Waals surface area contributed by atoms with Gasteiger partial charge in [-0.15, -0.1) is 0 Å². The van der Waals surface area contributed by atoms with Crippen LogP contribution in [0.15, 0.2) is 48.5 Å². The summed E-state index contributed by atoms with van der Waals surface area (Å²) < 4.78 is 10.2. The van der Waals surface area contributed by atoms with E-state index in [1.165, 1.54) is 19.1 Å². The minimum absolute atomic E-state index is 0.202. The molecule has 2 N–H and O–H groups in total. The normalized spacial score (nSPS) is 9.92. The Hall–Kier alpha value is -3.35. The second-order valence-corrected chi connectivity index (χ2v) is 5.42. The van der Waals surface area contributed by atoms with Crippen molar-refractivity contribution < 1.29 is 23.9 Å². The summed E-state index contributed by atoms with van der Waals surface area (Å²) >= 11 is 0. The first kappa shape index (κ1) is 19.0. The maximum Gasteiger partial charge on any atom is 0.338 e. The average Bonchev–Trinajstić information content (AvgIpc) is 2.64. The predicted molar refractivity (Wildman–Crippen MR) is 95.9 cm³/mol. The molecular weight excluding hydrogens is 336 g/mol. The van der Waals surface area contributed by atoms with Crippen molar-refractivity contribution >= 4 is 23.5 Å². The van der Waals surface area contributed by atoms with Gasteiger partial charge in [0.05, 0.1) is 12.7 Å². The lowest BCUT2D eigenvalue weighted by Gasteiger charge is -2.10. The number of ether oxygens (including phenoxy) is 2. The lowest BCUT2D eigenvalue weighted by molar-refractivity contribution is -0.124. The second kappa shape index (κ2) is 9.22. The maximum atomic E-state index is 11.9. The molecule has 0 saturated carbocycles. The summed E-state index contributed by atoms with van der Waals surface area (Å²) in [6.45, 7) is 1.28. The monoisotopic (exact) mass is 356 g/mol. The van der Waals surface area contributed by atoms with Crippen molar-refractivity contribution in [3.63, 3.8) is 0 Å². The van der Waals surface area contributed by atoms with E-state index < -0.39 is 11.9 Å². The van der Waals surface area contributed by atoms with E-state index in [0.717, 1.165) is 5.56 Å². The number of hydrogen-bond donors (Lipinski definition) is 2. The fourth-order valence-electron chi connectivity index (χ4n) is 2.20. The number of amides is 2. The van der Waals surface area contributed by atoms with Crippen LogP contribution in [-0.4, -0.2) is 31.5 Å². The van der Waals surface area contributed by atoms with E-state index in [-0.39, 0.29) is 24.6 Å². The van der Waals surface area contributed by atoms with E-state index in [9.17, 15) is 14.4 Å². The lowest BCUT2D eigenvalue weighted by Crippen LogP contribution is -2.28. The molecule has 2 amide bonds. The molecule has 0 atom stereocenters. The van der Waals surface area contributed by atoms with Crippen molar-refractivity contribution in [2.24, 2.45) is 0 Å². The van der Waals surface area contributed by atoms with Gasteiger partial charge in [0, 0.05) is 24.7 Å². The van der Waals surface area contributed by atoms with Crippen molar-refractivity contribution in [3.8, 4) is 5.75 Å². The Morgan fingerprint density at radius 1 is 1.00 bits per heavy atom. The zero-order valence-corrected chi connectivity index (χ0v) is 14.6. The Bertz CT molecular complexity index is 787. The van der Waals surface area contributed by atoms with Crippen LogP contribution in [0.1, 0.15) is 22.8 Å². The van der Waals surface area contributed by atoms with E-state index in [1.54, 1.807) is 25.3 Å². The highest BCUT2D eigenvalue weighted by Crippen LogP contribution is 2.16. The molecule has 0 saturated heterocycles. The number of nitrogens with one attached hydrogen (secondary N) is 2. The summed E-state index contributed by atoms with van der Waals surface area (Å²) in [5.74, 6) is -0.568. The second-order valence-electron chi connectivity index (χ2n) is 5.42. The predicted octanol–water partition coefficient (Wildman–Crippen LogP) is 2.13. The minimum atomic E-state index is -0.619. The van der Waals surface area contributed by atoms with Crippen molar-refractivity contribution in [3.05, 3.63) is 59.7 Å². The fourth-order valence-corrected chi connectivity index (χ4v) is 2.20. The summed E-state index contributed by atoms with van der Waals surface area (Å²) in [7, 11) is 1.56. The van der Waals surface area contributed by atoms with Gasteiger partial charge >= 0.3 is 5.97 Å². The molecule has 0 bridgehead atoms. The van der Waals surface area contributed by atoms with Crippen LogP contribution in [0.5, 0.6) is 5.75 Å². The van der Waals surface area contributed by atoms with Crippen LogP contribution in [0.4, 0.5) is 5.69 Å². The van der Waals surface area contributed by atoms with Crippen molar-refractivity contribution in [1.82, 2.24) is 5.32 Å². The molecule has 7 heteroatoms. The third kappa shape index (κ3) is 5.62. The highest BCUT2D eigenvalue weighted by molar-refractivity contribution is 5.93. The molecule has 0 fully saturated rings. The number of carbonyl (C=O) groups excluding carboxylic acids is 3. The van der Waals surface area contributed by atoms with E-state index in [1.807, 2.05) is 18.2 Å². The van der Waals surface area contributed by atoms with Crippen molar-refractivity contribution in [2.75, 3.05) is 19.0 Å². The number of rotatable bonds is 7. The Balaban J connectivity index is 1.81. The number of benzene rings is 2. The Labute approximate surface area is 151 Å². The van der Waals surface area contributed by atoms with Gasteiger partial charge in [0.15, 0.2) is 6.61 Å². The topological polar surface area (TPSA) is 93.7 Å². The minimum Gasteiger partial charge on any atom is -0.496 e. The maximum absolute atomic E-state index is 11.9. The molecule has 0 radical (unpaired) electrons. The Kier molecular flexibility index (Phi) is 6.73. The Morgan fingerprint density at radius 2 is 1.69 bits per heavy atom. The summed E-state index contributed by atoms with van der Waals surface area (Å²) in [5, 5.41) is 5.26. The van der Waals surface area contributed by atoms with Gasteiger partial charge in [-0.1, -0.05) is 18.2 Å². The molecule has 2 aromatic carbocycles. The molecule has 0 unspecified atom stereocenters. The largest absolute Gasteiger partial charge is 0.496 e. The molecule has 2 rings (SSSR count). The van der Waals surface area contributed by atoms with Gasteiger partial charge in [0.25, 0.3) is 5.91 Å². The van der Waals surface area contributed by atoms with Crippen LogP contribution in [0.25, 0.3) is 0 Å². The first-order chi connectivity index (χ1) is 12.5. The first-order valence-electron chi connectivity index (χ1n) is 7.93. The highest BCUT2D eigenvalue weighted by atomic mass is 16.5. The van der Waals surface area contributed by atoms with E-state index in [4.69, 9.17) is 9.47 Å². The third-order valence-electron chi connectivity index (χ3n) is 3.44. The number of para-hydroxylation sites is 1. The van der Waals surface area contributed by atoms with E-state index in [2.05, 4.69) is 10.6 Å². The highest BCUT2D eigenvalue weighted by Gasteiger charge is 2.11. The van der Waals surface area contributed by atoms with Crippen LogP contribution in [0.3, 0.4) is 0 Å². The molecule has 0 spiro atoms. The summed E-state index contributed by atoms with van der Waals surface area (Å²) in [5.41, 5.74) is 1.68. The molecule has 0 aliphatic rings. The quantitative estimate of drug-likeness (QED) is 0.741. The SMILES string of the molecule is COc1ccccc1CNC(=O)COC(=O)c1ccc(NC(C)=O)cc1. The van der Waals surface area contributed by atoms with Crippen molar-refractivity contribution in [2.45, 2.75) is 13.5 Å². The number of methoxy groups -OCH3 is 1. The molecule has 136 valence electrons. The van der Waals surface area contributed by atoms with Gasteiger partial charge in [-0.25, -0.2) is 4.79 Å². The van der Waals surface area contributed by atoms with Gasteiger partial charge in [-0.2, -0.15) is 0 Å². The molecular formula is C19H20N2O5. The summed E-state index contributed by atoms with van der Waals surface area (Å²) in [6, 6.07) is 13.5. The van der Waals surface area contributed by atoms with E-state index in [0.29, 0.717) is 11.4 Å².